The van der Waals surface area contributed by atoms with Gasteiger partial charge in [0.2, 0.25) is 0 Å². The van der Waals surface area contributed by atoms with Crippen LogP contribution in [0.15, 0.2) is 18.2 Å². The monoisotopic (exact) mass is 280 g/mol. The van der Waals surface area contributed by atoms with E-state index in [4.69, 9.17) is 14.6 Å². The molecule has 0 aliphatic heterocycles. The molecule has 0 radical (unpaired) electrons. The van der Waals surface area contributed by atoms with E-state index < -0.39 is 12.8 Å². The van der Waals surface area contributed by atoms with Gasteiger partial charge in [0.05, 0.1) is 20.3 Å². The molecule has 1 N–H and O–H groups in total. The van der Waals surface area contributed by atoms with Crippen LogP contribution in [0.3, 0.4) is 0 Å². The fourth-order valence-corrected chi connectivity index (χ4v) is 1.35. The van der Waals surface area contributed by atoms with Crippen LogP contribution in [0.5, 0.6) is 11.5 Å². The fourth-order valence-electron chi connectivity index (χ4n) is 1.35. The normalized spacial score (nSPS) is 11.4. The Kier molecular flexibility index (Phi) is 5.91. The van der Waals surface area contributed by atoms with Gasteiger partial charge in [-0.1, -0.05) is 0 Å². The molecule has 0 aliphatic carbocycles. The number of hydrogen-bond acceptors (Lipinski definition) is 4. The van der Waals surface area contributed by atoms with Crippen LogP contribution < -0.4 is 9.47 Å². The number of methoxy groups -OCH3 is 1. The maximum absolute atomic E-state index is 11.8. The molecule has 0 spiro atoms. The molecular formula is C12H15F3O4. The Balaban J connectivity index is 2.41. The summed E-state index contributed by atoms with van der Waals surface area (Å²) in [5, 5.41) is 9.13. The standard InChI is InChI=1S/C12H15F3O4/c1-17-10-2-3-11(9(6-10)7-16)19-5-4-18-8-12(13,14)15/h2-3,6,16H,4-5,7-8H2,1H3. The lowest BCUT2D eigenvalue weighted by atomic mass is 10.2. The maximum Gasteiger partial charge on any atom is 0.411 e. The minimum absolute atomic E-state index is 0.0323. The number of hydrogen-bond donors (Lipinski definition) is 1. The Morgan fingerprint density at radius 1 is 1.21 bits per heavy atom. The number of rotatable bonds is 7. The molecular weight excluding hydrogens is 265 g/mol. The van der Waals surface area contributed by atoms with E-state index in [0.717, 1.165) is 0 Å². The lowest BCUT2D eigenvalue weighted by Crippen LogP contribution is -2.19. The van der Waals surface area contributed by atoms with E-state index in [1.54, 1.807) is 18.2 Å². The number of benzene rings is 1. The first-order valence-corrected chi connectivity index (χ1v) is 5.51. The summed E-state index contributed by atoms with van der Waals surface area (Å²) in [7, 11) is 1.49. The van der Waals surface area contributed by atoms with Crippen molar-refractivity contribution in [3.8, 4) is 11.5 Å². The second-order valence-corrected chi connectivity index (χ2v) is 3.65. The van der Waals surface area contributed by atoms with Gasteiger partial charge in [-0.2, -0.15) is 13.2 Å². The predicted octanol–water partition coefficient (Wildman–Crippen LogP) is 2.15. The molecule has 0 saturated carbocycles. The van der Waals surface area contributed by atoms with Gasteiger partial charge in [0.15, 0.2) is 0 Å². The number of ether oxygens (including phenoxy) is 3. The lowest BCUT2D eigenvalue weighted by molar-refractivity contribution is -0.175. The first-order chi connectivity index (χ1) is 8.96. The van der Waals surface area contributed by atoms with Gasteiger partial charge in [0.1, 0.15) is 24.7 Å². The van der Waals surface area contributed by atoms with Gasteiger partial charge in [-0.3, -0.25) is 0 Å². The van der Waals surface area contributed by atoms with Crippen LogP contribution in [0.4, 0.5) is 13.2 Å². The summed E-state index contributed by atoms with van der Waals surface area (Å²) in [5.74, 6) is 0.948. The molecule has 7 heteroatoms. The van der Waals surface area contributed by atoms with Gasteiger partial charge in [-0.15, -0.1) is 0 Å². The van der Waals surface area contributed by atoms with Gasteiger partial charge >= 0.3 is 6.18 Å². The number of aliphatic hydroxyl groups is 1. The minimum Gasteiger partial charge on any atom is -0.497 e. The molecule has 0 saturated heterocycles. The zero-order valence-electron chi connectivity index (χ0n) is 10.4. The average molecular weight is 280 g/mol. The molecule has 0 aliphatic rings. The third-order valence-electron chi connectivity index (χ3n) is 2.19. The van der Waals surface area contributed by atoms with Gasteiger partial charge in [-0.25, -0.2) is 0 Å². The molecule has 1 aromatic rings. The fraction of sp³-hybridized carbons (Fsp3) is 0.500. The van der Waals surface area contributed by atoms with Crippen molar-refractivity contribution in [1.29, 1.82) is 0 Å². The Morgan fingerprint density at radius 3 is 2.53 bits per heavy atom. The van der Waals surface area contributed by atoms with Crippen LogP contribution in [0.1, 0.15) is 5.56 Å². The van der Waals surface area contributed by atoms with Gasteiger partial charge in [0, 0.05) is 5.56 Å². The topological polar surface area (TPSA) is 47.9 Å². The Morgan fingerprint density at radius 2 is 1.95 bits per heavy atom. The highest BCUT2D eigenvalue weighted by molar-refractivity contribution is 5.39. The average Bonchev–Trinajstić information content (AvgIpc) is 2.37. The molecule has 0 amide bonds. The van der Waals surface area contributed by atoms with Crippen molar-refractivity contribution < 1.29 is 32.5 Å². The third-order valence-corrected chi connectivity index (χ3v) is 2.19. The maximum atomic E-state index is 11.8. The van der Waals surface area contributed by atoms with Crippen molar-refractivity contribution >= 4 is 0 Å². The molecule has 19 heavy (non-hydrogen) atoms. The van der Waals surface area contributed by atoms with Crippen molar-refractivity contribution in [3.63, 3.8) is 0 Å². The van der Waals surface area contributed by atoms with Crippen LogP contribution in [0.25, 0.3) is 0 Å². The summed E-state index contributed by atoms with van der Waals surface area (Å²) in [6.07, 6.45) is -4.34. The SMILES string of the molecule is COc1ccc(OCCOCC(F)(F)F)c(CO)c1. The number of halogens is 3. The van der Waals surface area contributed by atoms with Gasteiger partial charge in [0.25, 0.3) is 0 Å². The summed E-state index contributed by atoms with van der Waals surface area (Å²) < 4.78 is 50.0. The van der Waals surface area contributed by atoms with Gasteiger partial charge in [-0.05, 0) is 18.2 Å². The second kappa shape index (κ2) is 7.20. The van der Waals surface area contributed by atoms with Crippen molar-refractivity contribution in [3.05, 3.63) is 23.8 Å². The van der Waals surface area contributed by atoms with Crippen molar-refractivity contribution in [2.24, 2.45) is 0 Å². The molecule has 0 aromatic heterocycles. The second-order valence-electron chi connectivity index (χ2n) is 3.65. The Bertz CT molecular complexity index is 393. The largest absolute Gasteiger partial charge is 0.497 e. The quantitative estimate of drug-likeness (QED) is 0.777. The van der Waals surface area contributed by atoms with E-state index in [-0.39, 0.29) is 19.8 Å². The molecule has 0 bridgehead atoms. The van der Waals surface area contributed by atoms with Gasteiger partial charge < -0.3 is 19.3 Å². The molecule has 0 atom stereocenters. The summed E-state index contributed by atoms with van der Waals surface area (Å²) in [6.45, 7) is -1.77. The molecule has 108 valence electrons. The molecule has 0 unspecified atom stereocenters. The van der Waals surface area contributed by atoms with E-state index in [2.05, 4.69) is 4.74 Å². The van der Waals surface area contributed by atoms with Crippen LogP contribution in [0, 0.1) is 0 Å². The summed E-state index contributed by atoms with van der Waals surface area (Å²) in [5.41, 5.74) is 0.496. The van der Waals surface area contributed by atoms with Crippen LogP contribution in [-0.4, -0.2) is 38.2 Å². The highest BCUT2D eigenvalue weighted by atomic mass is 19.4. The van der Waals surface area contributed by atoms with Crippen molar-refractivity contribution in [1.82, 2.24) is 0 Å². The van der Waals surface area contributed by atoms with Crippen LogP contribution in [-0.2, 0) is 11.3 Å². The number of alkyl halides is 3. The molecule has 0 fully saturated rings. The van der Waals surface area contributed by atoms with E-state index in [1.807, 2.05) is 0 Å². The zero-order valence-corrected chi connectivity index (χ0v) is 10.4. The summed E-state index contributed by atoms with van der Waals surface area (Å²) in [4.78, 5) is 0. The molecule has 1 aromatic carbocycles. The Hall–Kier alpha value is -1.47. The van der Waals surface area contributed by atoms with Crippen LogP contribution in [0.2, 0.25) is 0 Å². The highest BCUT2D eigenvalue weighted by Crippen LogP contribution is 2.24. The first kappa shape index (κ1) is 15.6. The van der Waals surface area contributed by atoms with E-state index in [1.165, 1.54) is 7.11 Å². The minimum atomic E-state index is -4.34. The molecule has 4 nitrogen and oxygen atoms in total. The van der Waals surface area contributed by atoms with Crippen molar-refractivity contribution in [2.45, 2.75) is 12.8 Å². The number of aliphatic hydroxyl groups excluding tert-OH is 1. The first-order valence-electron chi connectivity index (χ1n) is 5.51. The highest BCUT2D eigenvalue weighted by Gasteiger charge is 2.27. The van der Waals surface area contributed by atoms with Crippen LogP contribution >= 0.6 is 0 Å². The predicted molar refractivity (Wildman–Crippen MR) is 61.3 cm³/mol. The van der Waals surface area contributed by atoms with E-state index >= 15 is 0 Å². The molecule has 0 heterocycles. The summed E-state index contributed by atoms with van der Waals surface area (Å²) in [6, 6.07) is 4.80. The van der Waals surface area contributed by atoms with E-state index in [9.17, 15) is 13.2 Å². The van der Waals surface area contributed by atoms with Crippen molar-refractivity contribution in [2.75, 3.05) is 26.9 Å². The Labute approximate surface area is 108 Å². The summed E-state index contributed by atoms with van der Waals surface area (Å²) >= 11 is 0. The lowest BCUT2D eigenvalue weighted by Gasteiger charge is -2.12. The molecule has 1 rings (SSSR count). The third kappa shape index (κ3) is 5.80. The van der Waals surface area contributed by atoms with E-state index in [0.29, 0.717) is 17.1 Å². The zero-order chi connectivity index (χ0) is 14.3. The smallest absolute Gasteiger partial charge is 0.411 e.